The van der Waals surface area contributed by atoms with Gasteiger partial charge in [0.15, 0.2) is 0 Å². The second-order valence-corrected chi connectivity index (χ2v) is 4.44. The molecule has 0 N–H and O–H groups in total. The van der Waals surface area contributed by atoms with E-state index in [-0.39, 0.29) is 51.7 Å². The Morgan fingerprint density at radius 2 is 0.500 bits per heavy atom. The molecule has 0 atom stereocenters. The van der Waals surface area contributed by atoms with Crippen LogP contribution in [0.25, 0.3) is 0 Å². The molecule has 0 aromatic heterocycles. The molecule has 9 nitrogen and oxygen atoms in total. The summed E-state index contributed by atoms with van der Waals surface area (Å²) in [6.45, 7) is 0. The van der Waals surface area contributed by atoms with Crippen LogP contribution in [0.4, 0.5) is 0 Å². The third-order valence-electron chi connectivity index (χ3n) is 0. The smallest absolute Gasteiger partial charge is 3.00 e. The molecule has 0 rings (SSSR count). The van der Waals surface area contributed by atoms with Crippen LogP contribution >= 0.6 is 0 Å². The Morgan fingerprint density at radius 3 is 0.500 bits per heavy atom. The Hall–Kier alpha value is 3.55. The van der Waals surface area contributed by atoms with Crippen molar-refractivity contribution in [1.82, 2.24) is 0 Å². The van der Waals surface area contributed by atoms with E-state index >= 15 is 0 Å². The molecule has 0 heterocycles. The zero-order chi connectivity index (χ0) is 10.7. The molecule has 0 aromatic rings. The van der Waals surface area contributed by atoms with Crippen molar-refractivity contribution >= 4 is 0 Å². The molecule has 14 heavy (non-hydrogen) atoms. The Balaban J connectivity index is -0.0000000270. The first kappa shape index (κ1) is 30.5. The van der Waals surface area contributed by atoms with Crippen LogP contribution in [-0.4, -0.2) is 0 Å². The summed E-state index contributed by atoms with van der Waals surface area (Å²) in [7, 11) is 0. The summed E-state index contributed by atoms with van der Waals surface area (Å²) in [5, 5.41) is 0. The van der Waals surface area contributed by atoms with Gasteiger partial charge in [-0.05, 0) is 0 Å². The second kappa shape index (κ2) is 25.4. The molecule has 0 saturated carbocycles. The van der Waals surface area contributed by atoms with Crippen molar-refractivity contribution in [2.24, 2.45) is 0 Å². The van der Waals surface area contributed by atoms with Crippen molar-refractivity contribution in [2.75, 3.05) is 0 Å². The van der Waals surface area contributed by atoms with E-state index in [2.05, 4.69) is 0 Å². The summed E-state index contributed by atoms with van der Waals surface area (Å²) in [4.78, 5) is 0. The van der Waals surface area contributed by atoms with Gasteiger partial charge < -0.3 is 0 Å². The monoisotopic (exact) mass is 504 g/mol. The average molecular weight is 508 g/mol. The molecule has 0 amide bonds. The normalized spacial score (nSPS) is 5.57. The standard InChI is InChI=1S/9O.2Sc.3Zr/q;;;6*-1;2*+3;;;. The maximum atomic E-state index is 8.61. The van der Waals surface area contributed by atoms with Crippen molar-refractivity contribution < 1.29 is 147 Å². The predicted octanol–water partition coefficient (Wildman–Crippen LogP) is -7.50. The van der Waals surface area contributed by atoms with Crippen LogP contribution in [0.15, 0.2) is 0 Å². The van der Waals surface area contributed by atoms with E-state index < -0.39 is 67.9 Å². The van der Waals surface area contributed by atoms with Gasteiger partial charge >= 0.3 is 147 Å². The fourth-order valence-corrected chi connectivity index (χ4v) is 0. The fraction of sp³-hybridized carbons (Fsp3) is 0. The van der Waals surface area contributed by atoms with Crippen molar-refractivity contribution in [3.8, 4) is 0 Å². The van der Waals surface area contributed by atoms with E-state index in [1.54, 1.807) is 0 Å². The van der Waals surface area contributed by atoms with Gasteiger partial charge in [-0.15, -0.1) is 0 Å². The average Bonchev–Trinajstić information content (AvgIpc) is 1.54. The molecule has 14 heteroatoms. The van der Waals surface area contributed by atoms with Gasteiger partial charge in [-0.25, -0.2) is 0 Å². The van der Waals surface area contributed by atoms with Crippen LogP contribution in [0.3, 0.4) is 0 Å². The zero-order valence-corrected chi connectivity index (χ0v) is 17.3. The minimum Gasteiger partial charge on any atom is 3.00 e. The maximum absolute atomic E-state index is 8.61. The van der Waals surface area contributed by atoms with Gasteiger partial charge in [0.25, 0.3) is 0 Å². The molecule has 0 saturated heterocycles. The predicted molar refractivity (Wildman–Crippen MR) is 2.06 cm³/mol. The molecule has 0 radical (unpaired) electrons. The molecule has 0 spiro atoms. The zero-order valence-electron chi connectivity index (χ0n) is 6.33. The van der Waals surface area contributed by atoms with E-state index in [9.17, 15) is 0 Å². The second-order valence-electron chi connectivity index (χ2n) is 0.750. The van der Waals surface area contributed by atoms with Crippen LogP contribution in [0.5, 0.6) is 0 Å². The molecular formula is O9Sc2Zr3. The summed E-state index contributed by atoms with van der Waals surface area (Å²) in [6, 6.07) is 0. The van der Waals surface area contributed by atoms with Crippen LogP contribution in [0.1, 0.15) is 0 Å². The van der Waals surface area contributed by atoms with E-state index in [1.807, 2.05) is 0 Å². The summed E-state index contributed by atoms with van der Waals surface area (Å²) < 4.78 is 77.5. The van der Waals surface area contributed by atoms with Gasteiger partial charge in [-0.3, -0.25) is 0 Å². The summed E-state index contributed by atoms with van der Waals surface area (Å²) in [5.41, 5.74) is 0. The molecule has 0 bridgehead atoms. The fourth-order valence-electron chi connectivity index (χ4n) is 0. The van der Waals surface area contributed by atoms with Crippen LogP contribution in [0.2, 0.25) is 0 Å². The van der Waals surface area contributed by atoms with Crippen LogP contribution in [-0.2, 0) is 128 Å². The Morgan fingerprint density at radius 1 is 0.500 bits per heavy atom. The summed E-state index contributed by atoms with van der Waals surface area (Å²) in [5.74, 6) is 0. The van der Waals surface area contributed by atoms with E-state index in [0.717, 1.165) is 0 Å². The van der Waals surface area contributed by atoms with Gasteiger partial charge in [-0.1, -0.05) is 0 Å². The maximum Gasteiger partial charge on any atom is 3.00 e. The molecule has 0 aromatic carbocycles. The van der Waals surface area contributed by atoms with E-state index in [0.29, 0.717) is 0 Å². The molecular weight excluding hydrogens is 508 g/mol. The first-order valence-electron chi connectivity index (χ1n) is 1.84. The Kier molecular flexibility index (Phi) is 55.4. The molecule has 0 aliphatic heterocycles. The molecule has 0 aliphatic carbocycles. The minimum absolute atomic E-state index is 0. The van der Waals surface area contributed by atoms with Gasteiger partial charge in [0.05, 0.1) is 0 Å². The first-order chi connectivity index (χ1) is 5.20. The first-order valence-corrected chi connectivity index (χ1v) is 10.9. The van der Waals surface area contributed by atoms with Gasteiger partial charge in [0, 0.05) is 0 Å². The summed E-state index contributed by atoms with van der Waals surface area (Å²) >= 11 is -12.9. The van der Waals surface area contributed by atoms with Gasteiger partial charge in [0.1, 0.15) is 0 Å². The number of hydrogen-bond acceptors (Lipinski definition) is 9. The SMILES string of the molecule is [O]=[Zr]([O-])[O-].[O]=[Zr]([O-])[O-].[O]=[Zr]([O-])[O-].[Sc+3].[Sc+3]. The van der Waals surface area contributed by atoms with Crippen LogP contribution < -0.4 is 19.1 Å². The largest absolute Gasteiger partial charge is 3.00 e. The Labute approximate surface area is 144 Å². The van der Waals surface area contributed by atoms with Crippen molar-refractivity contribution in [2.45, 2.75) is 0 Å². The van der Waals surface area contributed by atoms with Crippen molar-refractivity contribution in [3.05, 3.63) is 0 Å². The minimum atomic E-state index is -4.29. The molecule has 72 valence electrons. The quantitative estimate of drug-likeness (QED) is 0.306. The third kappa shape index (κ3) is 261. The van der Waals surface area contributed by atoms with Gasteiger partial charge in [0.2, 0.25) is 0 Å². The summed E-state index contributed by atoms with van der Waals surface area (Å²) in [6.07, 6.45) is 0. The third-order valence-corrected chi connectivity index (χ3v) is 0. The molecule has 0 aliphatic rings. The number of rotatable bonds is 0. The molecule has 0 unspecified atom stereocenters. The van der Waals surface area contributed by atoms with Crippen LogP contribution in [0, 0.1) is 0 Å². The Bertz CT molecular complexity index is 116. The van der Waals surface area contributed by atoms with Crippen molar-refractivity contribution in [3.63, 3.8) is 0 Å². The molecule has 0 fully saturated rings. The van der Waals surface area contributed by atoms with Crippen molar-refractivity contribution in [1.29, 1.82) is 0 Å². The van der Waals surface area contributed by atoms with E-state index in [4.69, 9.17) is 27.5 Å². The topological polar surface area (TPSA) is 190 Å². The van der Waals surface area contributed by atoms with Gasteiger partial charge in [-0.2, -0.15) is 0 Å². The number of hydrogen-bond donors (Lipinski definition) is 0. The van der Waals surface area contributed by atoms with E-state index in [1.165, 1.54) is 0 Å².